The third-order valence-electron chi connectivity index (χ3n) is 2.85. The van der Waals surface area contributed by atoms with Crippen molar-refractivity contribution in [3.05, 3.63) is 0 Å². The summed E-state index contributed by atoms with van der Waals surface area (Å²) >= 11 is 0. The molecule has 1 rings (SSSR count). The Balaban J connectivity index is 2.37. The van der Waals surface area contributed by atoms with E-state index in [0.717, 1.165) is 25.9 Å². The highest BCUT2D eigenvalue weighted by molar-refractivity contribution is 5.84. The lowest BCUT2D eigenvalue weighted by molar-refractivity contribution is -0.142. The van der Waals surface area contributed by atoms with Gasteiger partial charge in [0.25, 0.3) is 0 Å². The molecule has 1 fully saturated rings. The molecule has 1 aliphatic heterocycles. The van der Waals surface area contributed by atoms with Crippen LogP contribution in [0.25, 0.3) is 0 Å². The largest absolute Gasteiger partial charge is 0.480 e. The number of carboxylic acids is 1. The monoisotopic (exact) mass is 214 g/mol. The molecule has 86 valence electrons. The third kappa shape index (κ3) is 3.51. The highest BCUT2D eigenvalue weighted by Gasteiger charge is 2.23. The highest BCUT2D eigenvalue weighted by Crippen LogP contribution is 2.16. The van der Waals surface area contributed by atoms with Crippen LogP contribution in [0.3, 0.4) is 0 Å². The standard InChI is InChI=1S/C10H18N2O3/c1-7-2-4-12(5-3-7)9(13)6-8(11)10(14)15/h7-8H,2-6,11H2,1H3,(H,14,15). The van der Waals surface area contributed by atoms with Crippen molar-refractivity contribution in [2.75, 3.05) is 13.1 Å². The van der Waals surface area contributed by atoms with Crippen molar-refractivity contribution in [2.24, 2.45) is 11.7 Å². The number of rotatable bonds is 3. The number of piperidine rings is 1. The van der Waals surface area contributed by atoms with E-state index < -0.39 is 12.0 Å². The molecule has 0 radical (unpaired) electrons. The summed E-state index contributed by atoms with van der Waals surface area (Å²) in [6, 6.07) is -1.07. The molecule has 0 bridgehead atoms. The Morgan fingerprint density at radius 1 is 1.47 bits per heavy atom. The number of hydrogen-bond acceptors (Lipinski definition) is 3. The second-order valence-electron chi connectivity index (χ2n) is 4.21. The lowest BCUT2D eigenvalue weighted by Crippen LogP contribution is -2.42. The average Bonchev–Trinajstić information content (AvgIpc) is 2.18. The van der Waals surface area contributed by atoms with Gasteiger partial charge in [-0.3, -0.25) is 9.59 Å². The van der Waals surface area contributed by atoms with Crippen molar-refractivity contribution < 1.29 is 14.7 Å². The van der Waals surface area contributed by atoms with Gasteiger partial charge >= 0.3 is 5.97 Å². The van der Waals surface area contributed by atoms with Crippen LogP contribution in [0.5, 0.6) is 0 Å². The van der Waals surface area contributed by atoms with Crippen molar-refractivity contribution in [1.29, 1.82) is 0 Å². The van der Waals surface area contributed by atoms with Gasteiger partial charge in [0.05, 0.1) is 6.42 Å². The fourth-order valence-corrected chi connectivity index (χ4v) is 1.66. The zero-order valence-electron chi connectivity index (χ0n) is 8.98. The number of aliphatic carboxylic acids is 1. The van der Waals surface area contributed by atoms with E-state index in [1.54, 1.807) is 4.90 Å². The number of carbonyl (C=O) groups is 2. The molecule has 0 aromatic carbocycles. The van der Waals surface area contributed by atoms with Crippen LogP contribution in [0.15, 0.2) is 0 Å². The van der Waals surface area contributed by atoms with Crippen LogP contribution in [0.2, 0.25) is 0 Å². The van der Waals surface area contributed by atoms with E-state index in [1.165, 1.54) is 0 Å². The molecule has 0 saturated carbocycles. The second kappa shape index (κ2) is 5.11. The van der Waals surface area contributed by atoms with Crippen molar-refractivity contribution in [1.82, 2.24) is 4.90 Å². The van der Waals surface area contributed by atoms with Gasteiger partial charge < -0.3 is 15.7 Å². The van der Waals surface area contributed by atoms with Gasteiger partial charge in [-0.25, -0.2) is 0 Å². The Morgan fingerprint density at radius 2 is 2.00 bits per heavy atom. The first kappa shape index (κ1) is 12.0. The van der Waals surface area contributed by atoms with Crippen LogP contribution in [-0.4, -0.2) is 41.0 Å². The fraction of sp³-hybridized carbons (Fsp3) is 0.800. The van der Waals surface area contributed by atoms with Crippen LogP contribution in [0, 0.1) is 5.92 Å². The molecule has 1 heterocycles. The SMILES string of the molecule is CC1CCN(C(=O)CC(N)C(=O)O)CC1. The summed E-state index contributed by atoms with van der Waals surface area (Å²) in [4.78, 5) is 23.8. The summed E-state index contributed by atoms with van der Waals surface area (Å²) in [7, 11) is 0. The van der Waals surface area contributed by atoms with E-state index >= 15 is 0 Å². The number of hydrogen-bond donors (Lipinski definition) is 2. The molecule has 0 spiro atoms. The Morgan fingerprint density at radius 3 is 2.47 bits per heavy atom. The number of amides is 1. The predicted molar refractivity (Wildman–Crippen MR) is 55.2 cm³/mol. The summed E-state index contributed by atoms with van der Waals surface area (Å²) in [5, 5.41) is 8.58. The zero-order chi connectivity index (χ0) is 11.4. The summed E-state index contributed by atoms with van der Waals surface area (Å²) in [6.45, 7) is 3.61. The van der Waals surface area contributed by atoms with Gasteiger partial charge in [-0.15, -0.1) is 0 Å². The van der Waals surface area contributed by atoms with Crippen LogP contribution in [0.1, 0.15) is 26.2 Å². The highest BCUT2D eigenvalue weighted by atomic mass is 16.4. The normalized spacial score (nSPS) is 20.0. The van der Waals surface area contributed by atoms with Crippen LogP contribution in [-0.2, 0) is 9.59 Å². The number of nitrogens with two attached hydrogens (primary N) is 1. The Labute approximate surface area is 89.2 Å². The van der Waals surface area contributed by atoms with E-state index in [9.17, 15) is 9.59 Å². The number of carboxylic acid groups (broad SMARTS) is 1. The summed E-state index contributed by atoms with van der Waals surface area (Å²) in [5.41, 5.74) is 5.30. The average molecular weight is 214 g/mol. The summed E-state index contributed by atoms with van der Waals surface area (Å²) in [5.74, 6) is -0.604. The van der Waals surface area contributed by atoms with E-state index in [-0.39, 0.29) is 12.3 Å². The van der Waals surface area contributed by atoms with E-state index in [4.69, 9.17) is 10.8 Å². The first-order valence-electron chi connectivity index (χ1n) is 5.27. The molecule has 1 atom stereocenters. The van der Waals surface area contributed by atoms with Crippen molar-refractivity contribution >= 4 is 11.9 Å². The van der Waals surface area contributed by atoms with Gasteiger partial charge in [0, 0.05) is 13.1 Å². The van der Waals surface area contributed by atoms with Gasteiger partial charge in [0.2, 0.25) is 5.91 Å². The summed E-state index contributed by atoms with van der Waals surface area (Å²) in [6.07, 6.45) is 1.89. The lowest BCUT2D eigenvalue weighted by atomic mass is 9.99. The Hall–Kier alpha value is -1.10. The lowest BCUT2D eigenvalue weighted by Gasteiger charge is -2.30. The maximum atomic E-state index is 11.6. The minimum Gasteiger partial charge on any atom is -0.480 e. The van der Waals surface area contributed by atoms with E-state index in [1.807, 2.05) is 0 Å². The molecule has 5 heteroatoms. The first-order chi connectivity index (χ1) is 7.00. The van der Waals surface area contributed by atoms with Crippen molar-refractivity contribution in [2.45, 2.75) is 32.2 Å². The molecule has 1 aliphatic rings. The molecule has 0 aliphatic carbocycles. The minimum atomic E-state index is -1.12. The molecule has 0 aromatic heterocycles. The fourth-order valence-electron chi connectivity index (χ4n) is 1.66. The predicted octanol–water partition coefficient (Wildman–Crippen LogP) is 0.0469. The molecular formula is C10H18N2O3. The molecule has 1 amide bonds. The Bertz CT molecular complexity index is 247. The second-order valence-corrected chi connectivity index (χ2v) is 4.21. The maximum absolute atomic E-state index is 11.6. The van der Waals surface area contributed by atoms with E-state index in [2.05, 4.69) is 6.92 Å². The van der Waals surface area contributed by atoms with Crippen molar-refractivity contribution in [3.63, 3.8) is 0 Å². The van der Waals surface area contributed by atoms with Crippen molar-refractivity contribution in [3.8, 4) is 0 Å². The van der Waals surface area contributed by atoms with Gasteiger partial charge in [-0.2, -0.15) is 0 Å². The summed E-state index contributed by atoms with van der Waals surface area (Å²) < 4.78 is 0. The molecular weight excluding hydrogens is 196 g/mol. The molecule has 3 N–H and O–H groups in total. The van der Waals surface area contributed by atoms with Gasteiger partial charge in [0.15, 0.2) is 0 Å². The van der Waals surface area contributed by atoms with Gasteiger partial charge in [0.1, 0.15) is 6.04 Å². The number of likely N-dealkylation sites (tertiary alicyclic amines) is 1. The topological polar surface area (TPSA) is 83.6 Å². The molecule has 15 heavy (non-hydrogen) atoms. The smallest absolute Gasteiger partial charge is 0.321 e. The van der Waals surface area contributed by atoms with Crippen LogP contribution in [0.4, 0.5) is 0 Å². The molecule has 5 nitrogen and oxygen atoms in total. The van der Waals surface area contributed by atoms with Gasteiger partial charge in [-0.05, 0) is 18.8 Å². The van der Waals surface area contributed by atoms with Crippen LogP contribution >= 0.6 is 0 Å². The zero-order valence-corrected chi connectivity index (χ0v) is 8.98. The maximum Gasteiger partial charge on any atom is 0.321 e. The minimum absolute atomic E-state index is 0.0935. The first-order valence-corrected chi connectivity index (χ1v) is 5.27. The quantitative estimate of drug-likeness (QED) is 0.695. The number of nitrogens with zero attached hydrogens (tertiary/aromatic N) is 1. The third-order valence-corrected chi connectivity index (χ3v) is 2.85. The Kier molecular flexibility index (Phi) is 4.08. The van der Waals surface area contributed by atoms with Crippen LogP contribution < -0.4 is 5.73 Å². The number of carbonyl (C=O) groups excluding carboxylic acids is 1. The van der Waals surface area contributed by atoms with Gasteiger partial charge in [-0.1, -0.05) is 6.92 Å². The molecule has 1 saturated heterocycles. The van der Waals surface area contributed by atoms with E-state index in [0.29, 0.717) is 5.92 Å². The molecule has 0 aromatic rings. The molecule has 1 unspecified atom stereocenters.